The lowest BCUT2D eigenvalue weighted by molar-refractivity contribution is 0.0739. The molecule has 0 aromatic carbocycles. The van der Waals surface area contributed by atoms with E-state index in [0.717, 1.165) is 25.9 Å². The summed E-state index contributed by atoms with van der Waals surface area (Å²) in [6.07, 6.45) is 5.16. The molecule has 1 aromatic rings. The molecule has 0 radical (unpaired) electrons. The van der Waals surface area contributed by atoms with Crippen LogP contribution in [0.25, 0.3) is 0 Å². The van der Waals surface area contributed by atoms with E-state index < -0.39 is 0 Å². The van der Waals surface area contributed by atoms with Crippen molar-refractivity contribution in [2.24, 2.45) is 11.3 Å². The van der Waals surface area contributed by atoms with Gasteiger partial charge in [0.05, 0.1) is 12.8 Å². The first-order valence-electron chi connectivity index (χ1n) is 7.43. The second kappa shape index (κ2) is 6.35. The third kappa shape index (κ3) is 2.85. The molecule has 110 valence electrons. The van der Waals surface area contributed by atoms with E-state index in [1.165, 1.54) is 0 Å². The summed E-state index contributed by atoms with van der Waals surface area (Å²) in [6, 6.07) is 1.83. The molecule has 0 saturated carbocycles. The smallest absolute Gasteiger partial charge is 0.172 e. The summed E-state index contributed by atoms with van der Waals surface area (Å²) in [5.74, 6) is 1.18. The Bertz CT molecular complexity index is 465. The summed E-state index contributed by atoms with van der Waals surface area (Å²) in [7, 11) is 0. The first-order chi connectivity index (χ1) is 9.60. The van der Waals surface area contributed by atoms with E-state index in [1.54, 1.807) is 12.4 Å². The number of hydrogen-bond acceptors (Lipinski definition) is 4. The molecule has 1 atom stereocenters. The molecule has 1 aliphatic rings. The van der Waals surface area contributed by atoms with Crippen LogP contribution in [0.1, 0.15) is 44.0 Å². The molecule has 4 heteroatoms. The number of pyridine rings is 1. The predicted octanol–water partition coefficient (Wildman–Crippen LogP) is 2.69. The number of ether oxygens (including phenoxy) is 1. The highest BCUT2D eigenvalue weighted by atomic mass is 16.5. The molecule has 1 aromatic heterocycles. The molecular formula is C16H24N2O2. The number of carbonyl (C=O) groups is 1. The lowest BCUT2D eigenvalue weighted by Gasteiger charge is -2.31. The fraction of sp³-hybridized carbons (Fsp3) is 0.625. The fourth-order valence-electron chi connectivity index (χ4n) is 2.79. The number of hydrogen-bond donors (Lipinski definition) is 1. The Morgan fingerprint density at radius 2 is 2.30 bits per heavy atom. The molecule has 1 fully saturated rings. The third-order valence-electron chi connectivity index (χ3n) is 4.19. The van der Waals surface area contributed by atoms with Crippen LogP contribution in [0.3, 0.4) is 0 Å². The summed E-state index contributed by atoms with van der Waals surface area (Å²) < 4.78 is 5.57. The molecule has 1 unspecified atom stereocenters. The van der Waals surface area contributed by atoms with Crippen molar-refractivity contribution in [1.29, 1.82) is 0 Å². The van der Waals surface area contributed by atoms with E-state index in [4.69, 9.17) is 4.74 Å². The van der Waals surface area contributed by atoms with Gasteiger partial charge in [-0.05, 0) is 31.4 Å². The van der Waals surface area contributed by atoms with Crippen LogP contribution < -0.4 is 10.1 Å². The zero-order chi connectivity index (χ0) is 14.6. The van der Waals surface area contributed by atoms with Crippen LogP contribution in [-0.4, -0.2) is 30.5 Å². The van der Waals surface area contributed by atoms with Gasteiger partial charge in [-0.15, -0.1) is 0 Å². The van der Waals surface area contributed by atoms with Gasteiger partial charge in [0.15, 0.2) is 5.78 Å². The monoisotopic (exact) mass is 276 g/mol. The molecule has 4 nitrogen and oxygen atoms in total. The van der Waals surface area contributed by atoms with Gasteiger partial charge in [0.25, 0.3) is 0 Å². The molecule has 1 aliphatic heterocycles. The molecule has 0 aliphatic carbocycles. The second-order valence-electron chi connectivity index (χ2n) is 5.82. The van der Waals surface area contributed by atoms with Crippen molar-refractivity contribution in [3.63, 3.8) is 0 Å². The molecule has 0 spiro atoms. The van der Waals surface area contributed by atoms with Gasteiger partial charge in [0.2, 0.25) is 0 Å². The van der Waals surface area contributed by atoms with Gasteiger partial charge in [0.1, 0.15) is 5.75 Å². The van der Waals surface area contributed by atoms with Crippen LogP contribution >= 0.6 is 0 Å². The lowest BCUT2D eigenvalue weighted by atomic mass is 9.71. The van der Waals surface area contributed by atoms with Crippen molar-refractivity contribution in [2.45, 2.75) is 33.6 Å². The molecular weight excluding hydrogens is 252 g/mol. The Kier molecular flexibility index (Phi) is 4.76. The molecule has 0 bridgehead atoms. The van der Waals surface area contributed by atoms with E-state index in [9.17, 15) is 4.79 Å². The van der Waals surface area contributed by atoms with E-state index >= 15 is 0 Å². The molecule has 2 rings (SSSR count). The first kappa shape index (κ1) is 15.0. The number of carbonyl (C=O) groups excluding carboxylic acids is 1. The zero-order valence-electron chi connectivity index (χ0n) is 12.6. The van der Waals surface area contributed by atoms with Crippen molar-refractivity contribution >= 4 is 5.78 Å². The van der Waals surface area contributed by atoms with Crippen LogP contribution in [0.4, 0.5) is 0 Å². The van der Waals surface area contributed by atoms with E-state index in [1.807, 2.05) is 6.07 Å². The predicted molar refractivity (Wildman–Crippen MR) is 79.1 cm³/mol. The summed E-state index contributed by atoms with van der Waals surface area (Å²) in [5.41, 5.74) is 0.362. The Labute approximate surface area is 120 Å². The van der Waals surface area contributed by atoms with E-state index in [-0.39, 0.29) is 11.2 Å². The van der Waals surface area contributed by atoms with E-state index in [2.05, 4.69) is 31.1 Å². The van der Waals surface area contributed by atoms with Crippen LogP contribution in [0.15, 0.2) is 18.5 Å². The summed E-state index contributed by atoms with van der Waals surface area (Å²) >= 11 is 0. The Morgan fingerprint density at radius 1 is 1.50 bits per heavy atom. The van der Waals surface area contributed by atoms with Gasteiger partial charge in [0, 0.05) is 23.7 Å². The van der Waals surface area contributed by atoms with Gasteiger partial charge in [-0.3, -0.25) is 9.78 Å². The fourth-order valence-corrected chi connectivity index (χ4v) is 2.79. The Balaban J connectivity index is 2.23. The van der Waals surface area contributed by atoms with Crippen molar-refractivity contribution in [1.82, 2.24) is 10.3 Å². The van der Waals surface area contributed by atoms with Crippen molar-refractivity contribution < 1.29 is 9.53 Å². The minimum atomic E-state index is -0.301. The van der Waals surface area contributed by atoms with Crippen LogP contribution in [0, 0.1) is 11.3 Å². The van der Waals surface area contributed by atoms with Crippen molar-refractivity contribution in [2.75, 3.05) is 19.7 Å². The third-order valence-corrected chi connectivity index (χ3v) is 4.19. The molecule has 20 heavy (non-hydrogen) atoms. The molecule has 0 amide bonds. The normalized spacial score (nSPS) is 22.2. The maximum absolute atomic E-state index is 12.9. The minimum absolute atomic E-state index is 0.187. The highest BCUT2D eigenvalue weighted by Gasteiger charge is 2.44. The lowest BCUT2D eigenvalue weighted by Crippen LogP contribution is -2.38. The maximum atomic E-state index is 12.9. The first-order valence-corrected chi connectivity index (χ1v) is 7.43. The molecule has 1 saturated heterocycles. The largest absolute Gasteiger partial charge is 0.492 e. The highest BCUT2D eigenvalue weighted by Crippen LogP contribution is 2.37. The minimum Gasteiger partial charge on any atom is -0.492 e. The number of aromatic nitrogens is 1. The zero-order valence-corrected chi connectivity index (χ0v) is 12.6. The second-order valence-corrected chi connectivity index (χ2v) is 5.82. The molecule has 1 N–H and O–H groups in total. The number of nitrogens with one attached hydrogen (secondary N) is 1. The summed E-state index contributed by atoms with van der Waals surface area (Å²) in [6.45, 7) is 8.61. The summed E-state index contributed by atoms with van der Waals surface area (Å²) in [5, 5.41) is 3.32. The SMILES string of the molecule is CCCOc1cncc(C(=O)C2(C(C)C)CCNC2)c1. The Hall–Kier alpha value is -1.42. The number of Topliss-reactive ketones (excluding diaryl/α,β-unsaturated/α-hetero) is 1. The average Bonchev–Trinajstić information content (AvgIpc) is 2.95. The molecule has 2 heterocycles. The quantitative estimate of drug-likeness (QED) is 0.812. The van der Waals surface area contributed by atoms with Crippen LogP contribution in [-0.2, 0) is 0 Å². The summed E-state index contributed by atoms with van der Waals surface area (Å²) in [4.78, 5) is 17.1. The van der Waals surface area contributed by atoms with Crippen molar-refractivity contribution in [3.8, 4) is 5.75 Å². The van der Waals surface area contributed by atoms with Gasteiger partial charge in [-0.25, -0.2) is 0 Å². The highest BCUT2D eigenvalue weighted by molar-refractivity contribution is 6.01. The van der Waals surface area contributed by atoms with Gasteiger partial charge in [-0.1, -0.05) is 20.8 Å². The number of ketones is 1. The van der Waals surface area contributed by atoms with Crippen LogP contribution in [0.5, 0.6) is 5.75 Å². The van der Waals surface area contributed by atoms with E-state index in [0.29, 0.717) is 23.8 Å². The van der Waals surface area contributed by atoms with Crippen molar-refractivity contribution in [3.05, 3.63) is 24.0 Å². The number of rotatable bonds is 6. The van der Waals surface area contributed by atoms with Gasteiger partial charge < -0.3 is 10.1 Å². The maximum Gasteiger partial charge on any atom is 0.172 e. The van der Waals surface area contributed by atoms with Gasteiger partial charge in [-0.2, -0.15) is 0 Å². The van der Waals surface area contributed by atoms with Gasteiger partial charge >= 0.3 is 0 Å². The topological polar surface area (TPSA) is 51.2 Å². The number of nitrogens with zero attached hydrogens (tertiary/aromatic N) is 1. The average molecular weight is 276 g/mol. The standard InChI is InChI=1S/C16H24N2O2/c1-4-7-20-14-8-13(9-18-10-14)15(19)16(12(2)3)5-6-17-11-16/h8-10,12,17H,4-7,11H2,1-3H3. The Morgan fingerprint density at radius 3 is 2.90 bits per heavy atom. The van der Waals surface area contributed by atoms with Crippen LogP contribution in [0.2, 0.25) is 0 Å².